The number of hydrogen-bond acceptors (Lipinski definition) is 3. The lowest BCUT2D eigenvalue weighted by Gasteiger charge is -1.83. The molecule has 1 aliphatic carbocycles. The first-order valence-electron chi connectivity index (χ1n) is 3.89. The van der Waals surface area contributed by atoms with E-state index in [1.54, 1.807) is 6.92 Å². The Bertz CT molecular complexity index is 325. The standard InChI is InChI=1S/C8H9NO3/c1-4-6(8(10)11)9-7(12-4)5-2-3-5/h5H,2-3H2,1H3,(H,10,11). The van der Waals surface area contributed by atoms with E-state index in [1.807, 2.05) is 0 Å². The van der Waals surface area contributed by atoms with Gasteiger partial charge in [0.1, 0.15) is 5.76 Å². The molecule has 0 bridgehead atoms. The zero-order chi connectivity index (χ0) is 8.72. The van der Waals surface area contributed by atoms with Gasteiger partial charge in [-0.1, -0.05) is 0 Å². The molecule has 1 aliphatic rings. The van der Waals surface area contributed by atoms with Crippen LogP contribution in [0.5, 0.6) is 0 Å². The first-order chi connectivity index (χ1) is 5.68. The van der Waals surface area contributed by atoms with Crippen molar-refractivity contribution in [3.05, 3.63) is 17.3 Å². The monoisotopic (exact) mass is 167 g/mol. The Labute approximate surface area is 69.2 Å². The smallest absolute Gasteiger partial charge is 0.358 e. The molecule has 0 radical (unpaired) electrons. The fourth-order valence-electron chi connectivity index (χ4n) is 1.12. The van der Waals surface area contributed by atoms with Gasteiger partial charge < -0.3 is 9.52 Å². The molecule has 12 heavy (non-hydrogen) atoms. The molecule has 4 heteroatoms. The zero-order valence-electron chi connectivity index (χ0n) is 6.70. The predicted molar refractivity (Wildman–Crippen MR) is 40.2 cm³/mol. The number of aromatic carboxylic acids is 1. The van der Waals surface area contributed by atoms with E-state index < -0.39 is 5.97 Å². The molecule has 0 aromatic carbocycles. The predicted octanol–water partition coefficient (Wildman–Crippen LogP) is 1.56. The molecule has 1 aromatic rings. The van der Waals surface area contributed by atoms with Gasteiger partial charge in [0.2, 0.25) is 0 Å². The number of aryl methyl sites for hydroxylation is 1. The molecule has 0 aliphatic heterocycles. The number of carboxylic acid groups (broad SMARTS) is 1. The average Bonchev–Trinajstić information content (AvgIpc) is 2.75. The number of aromatic nitrogens is 1. The van der Waals surface area contributed by atoms with Crippen molar-refractivity contribution in [3.8, 4) is 0 Å². The van der Waals surface area contributed by atoms with E-state index in [0.717, 1.165) is 12.8 Å². The highest BCUT2D eigenvalue weighted by Gasteiger charge is 2.30. The zero-order valence-corrected chi connectivity index (χ0v) is 6.70. The summed E-state index contributed by atoms with van der Waals surface area (Å²) in [6.45, 7) is 1.63. The maximum Gasteiger partial charge on any atom is 0.358 e. The topological polar surface area (TPSA) is 63.3 Å². The molecule has 1 heterocycles. The summed E-state index contributed by atoms with van der Waals surface area (Å²) in [6.07, 6.45) is 2.14. The van der Waals surface area contributed by atoms with Gasteiger partial charge in [0.15, 0.2) is 11.6 Å². The van der Waals surface area contributed by atoms with E-state index in [9.17, 15) is 4.79 Å². The van der Waals surface area contributed by atoms with E-state index in [4.69, 9.17) is 9.52 Å². The van der Waals surface area contributed by atoms with Crippen LogP contribution < -0.4 is 0 Å². The molecule has 0 amide bonds. The number of oxazole rings is 1. The highest BCUT2D eigenvalue weighted by atomic mass is 16.4. The maximum atomic E-state index is 10.6. The van der Waals surface area contributed by atoms with Gasteiger partial charge in [-0.05, 0) is 19.8 Å². The summed E-state index contributed by atoms with van der Waals surface area (Å²) in [5, 5.41) is 8.66. The summed E-state index contributed by atoms with van der Waals surface area (Å²) in [5.41, 5.74) is 0.0527. The van der Waals surface area contributed by atoms with Crippen LogP contribution in [-0.4, -0.2) is 16.1 Å². The first kappa shape index (κ1) is 7.34. The minimum atomic E-state index is -1.01. The minimum absolute atomic E-state index is 0.0527. The lowest BCUT2D eigenvalue weighted by molar-refractivity contribution is 0.0689. The Morgan fingerprint density at radius 1 is 1.67 bits per heavy atom. The number of hydrogen-bond donors (Lipinski definition) is 1. The fraction of sp³-hybridized carbons (Fsp3) is 0.500. The van der Waals surface area contributed by atoms with Crippen molar-refractivity contribution in [1.82, 2.24) is 4.98 Å². The number of rotatable bonds is 2. The van der Waals surface area contributed by atoms with E-state index >= 15 is 0 Å². The van der Waals surface area contributed by atoms with Crippen molar-refractivity contribution in [2.45, 2.75) is 25.7 Å². The summed E-state index contributed by atoms with van der Waals surface area (Å²) in [4.78, 5) is 14.5. The van der Waals surface area contributed by atoms with Gasteiger partial charge in [0.05, 0.1) is 0 Å². The molecule has 1 aromatic heterocycles. The SMILES string of the molecule is Cc1oc(C2CC2)nc1C(=O)O. The van der Waals surface area contributed by atoms with Crippen LogP contribution in [0.25, 0.3) is 0 Å². The van der Waals surface area contributed by atoms with Crippen LogP contribution in [0.15, 0.2) is 4.42 Å². The molecule has 0 atom stereocenters. The molecule has 4 nitrogen and oxygen atoms in total. The largest absolute Gasteiger partial charge is 0.476 e. The van der Waals surface area contributed by atoms with Crippen LogP contribution in [0.4, 0.5) is 0 Å². The van der Waals surface area contributed by atoms with Crippen molar-refractivity contribution in [3.63, 3.8) is 0 Å². The van der Waals surface area contributed by atoms with Crippen LogP contribution in [0.3, 0.4) is 0 Å². The molecule has 1 saturated carbocycles. The highest BCUT2D eigenvalue weighted by Crippen LogP contribution is 2.39. The molecule has 1 fully saturated rings. The molecule has 0 saturated heterocycles. The van der Waals surface area contributed by atoms with E-state index in [2.05, 4.69) is 4.98 Å². The molecule has 64 valence electrons. The van der Waals surface area contributed by atoms with Gasteiger partial charge in [-0.25, -0.2) is 9.78 Å². The van der Waals surface area contributed by atoms with Crippen molar-refractivity contribution in [1.29, 1.82) is 0 Å². The molecular formula is C8H9NO3. The van der Waals surface area contributed by atoms with Gasteiger partial charge >= 0.3 is 5.97 Å². The summed E-state index contributed by atoms with van der Waals surface area (Å²) in [7, 11) is 0. The first-order valence-corrected chi connectivity index (χ1v) is 3.89. The quantitative estimate of drug-likeness (QED) is 0.725. The van der Waals surface area contributed by atoms with E-state index in [0.29, 0.717) is 17.6 Å². The number of nitrogens with zero attached hydrogens (tertiary/aromatic N) is 1. The van der Waals surface area contributed by atoms with E-state index in [-0.39, 0.29) is 5.69 Å². The lowest BCUT2D eigenvalue weighted by Crippen LogP contribution is -1.98. The third kappa shape index (κ3) is 1.09. The fourth-order valence-corrected chi connectivity index (χ4v) is 1.12. The highest BCUT2D eigenvalue weighted by molar-refractivity contribution is 5.86. The number of carboxylic acids is 1. The van der Waals surface area contributed by atoms with Crippen LogP contribution >= 0.6 is 0 Å². The summed E-state index contributed by atoms with van der Waals surface area (Å²) >= 11 is 0. The molecule has 0 spiro atoms. The van der Waals surface area contributed by atoms with Crippen LogP contribution in [0.1, 0.15) is 40.9 Å². The third-order valence-corrected chi connectivity index (χ3v) is 1.94. The van der Waals surface area contributed by atoms with Crippen molar-refractivity contribution < 1.29 is 14.3 Å². The van der Waals surface area contributed by atoms with Gasteiger partial charge in [-0.2, -0.15) is 0 Å². The lowest BCUT2D eigenvalue weighted by atomic mass is 10.4. The van der Waals surface area contributed by atoms with Crippen molar-refractivity contribution in [2.24, 2.45) is 0 Å². The second-order valence-electron chi connectivity index (χ2n) is 3.04. The molecule has 2 rings (SSSR count). The van der Waals surface area contributed by atoms with Crippen LogP contribution in [0, 0.1) is 6.92 Å². The molecule has 0 unspecified atom stereocenters. The maximum absolute atomic E-state index is 10.6. The molecule has 1 N–H and O–H groups in total. The third-order valence-electron chi connectivity index (χ3n) is 1.94. The Kier molecular flexibility index (Phi) is 1.43. The van der Waals surface area contributed by atoms with Gasteiger partial charge in [-0.15, -0.1) is 0 Å². The summed E-state index contributed by atoms with van der Waals surface area (Å²) < 4.78 is 5.21. The van der Waals surface area contributed by atoms with Gasteiger partial charge in [0, 0.05) is 5.92 Å². The van der Waals surface area contributed by atoms with Gasteiger partial charge in [0.25, 0.3) is 0 Å². The second kappa shape index (κ2) is 2.33. The average molecular weight is 167 g/mol. The summed E-state index contributed by atoms with van der Waals surface area (Å²) in [5.74, 6) is 0.356. The van der Waals surface area contributed by atoms with Crippen LogP contribution in [0.2, 0.25) is 0 Å². The van der Waals surface area contributed by atoms with Gasteiger partial charge in [-0.3, -0.25) is 0 Å². The van der Waals surface area contributed by atoms with Crippen LogP contribution in [-0.2, 0) is 0 Å². The Morgan fingerprint density at radius 3 is 2.75 bits per heavy atom. The summed E-state index contributed by atoms with van der Waals surface area (Å²) in [6, 6.07) is 0. The van der Waals surface area contributed by atoms with Crippen molar-refractivity contribution >= 4 is 5.97 Å². The molecular weight excluding hydrogens is 158 g/mol. The Morgan fingerprint density at radius 2 is 2.33 bits per heavy atom. The Balaban J connectivity index is 2.36. The number of carbonyl (C=O) groups is 1. The Hall–Kier alpha value is -1.32. The second-order valence-corrected chi connectivity index (χ2v) is 3.04. The van der Waals surface area contributed by atoms with E-state index in [1.165, 1.54) is 0 Å². The minimum Gasteiger partial charge on any atom is -0.476 e. The normalized spacial score (nSPS) is 16.4. The van der Waals surface area contributed by atoms with Crippen molar-refractivity contribution in [2.75, 3.05) is 0 Å².